The third-order valence-electron chi connectivity index (χ3n) is 7.54. The molecule has 5 saturated carbocycles. The zero-order valence-corrected chi connectivity index (χ0v) is 16.2. The quantitative estimate of drug-likeness (QED) is 0.274. The molecule has 28 heavy (non-hydrogen) atoms. The summed E-state index contributed by atoms with van der Waals surface area (Å²) >= 11 is 0. The first-order valence-electron chi connectivity index (χ1n) is 10.7. The molecule has 0 aromatic carbocycles. The van der Waals surface area contributed by atoms with Gasteiger partial charge in [0.1, 0.15) is 30.5 Å². The van der Waals surface area contributed by atoms with E-state index in [2.05, 4.69) is 10.6 Å². The number of aliphatic hydroxyl groups excluding tert-OH is 5. The van der Waals surface area contributed by atoms with Crippen LogP contribution in [-0.4, -0.2) is 80.1 Å². The SMILES string of the molecule is O=C(CCCNC1[C@H](O)[C@H](O)C(O)[C@H](O)[C@H]1O)NC12CC3CC(CC(C3)C1)C2. The predicted molar refractivity (Wildman–Crippen MR) is 100 cm³/mol. The molecule has 8 nitrogen and oxygen atoms in total. The van der Waals surface area contributed by atoms with Crippen LogP contribution in [-0.2, 0) is 4.79 Å². The van der Waals surface area contributed by atoms with Gasteiger partial charge in [0.25, 0.3) is 0 Å². The first-order valence-corrected chi connectivity index (χ1v) is 10.7. The van der Waals surface area contributed by atoms with Crippen molar-refractivity contribution < 1.29 is 30.3 Å². The topological polar surface area (TPSA) is 142 Å². The van der Waals surface area contributed by atoms with Crippen molar-refractivity contribution in [2.24, 2.45) is 17.8 Å². The standard InChI is InChI=1S/C20H34N2O6/c23-13(22-20-7-10-4-11(8-20)6-12(5-10)9-20)2-1-3-21-14-15(24)17(26)19(28)18(27)16(14)25/h10-12,14-19,21,24-28H,1-9H2,(H,22,23)/t10?,11?,12?,14?,15-,16-,17-,18+,19?,20?/m0/s1. The first-order chi connectivity index (χ1) is 13.3. The summed E-state index contributed by atoms with van der Waals surface area (Å²) in [6.07, 6.45) is 0.754. The van der Waals surface area contributed by atoms with Crippen LogP contribution in [0.1, 0.15) is 51.4 Å². The number of hydrogen-bond donors (Lipinski definition) is 7. The Bertz CT molecular complexity index is 536. The maximum atomic E-state index is 12.5. The van der Waals surface area contributed by atoms with E-state index in [9.17, 15) is 30.3 Å². The van der Waals surface area contributed by atoms with E-state index in [0.29, 0.717) is 19.4 Å². The molecule has 0 spiro atoms. The Balaban J connectivity index is 1.22. The third-order valence-corrected chi connectivity index (χ3v) is 7.54. The van der Waals surface area contributed by atoms with Crippen molar-refractivity contribution >= 4 is 5.91 Å². The zero-order valence-electron chi connectivity index (χ0n) is 16.2. The van der Waals surface area contributed by atoms with Gasteiger partial charge < -0.3 is 36.2 Å². The van der Waals surface area contributed by atoms with Crippen molar-refractivity contribution in [2.45, 2.75) is 93.5 Å². The molecule has 2 unspecified atom stereocenters. The van der Waals surface area contributed by atoms with E-state index >= 15 is 0 Å². The monoisotopic (exact) mass is 398 g/mol. The Labute approximate surface area is 165 Å². The van der Waals surface area contributed by atoms with E-state index in [0.717, 1.165) is 37.0 Å². The minimum atomic E-state index is -1.59. The summed E-state index contributed by atoms with van der Waals surface area (Å²) in [6, 6.07) is -0.959. The molecule has 0 aliphatic heterocycles. The van der Waals surface area contributed by atoms with Gasteiger partial charge in [-0.05, 0) is 69.2 Å². The van der Waals surface area contributed by atoms with Crippen LogP contribution in [0.5, 0.6) is 0 Å². The maximum Gasteiger partial charge on any atom is 0.220 e. The summed E-state index contributed by atoms with van der Waals surface area (Å²) in [7, 11) is 0. The van der Waals surface area contributed by atoms with Crippen LogP contribution in [0.25, 0.3) is 0 Å². The van der Waals surface area contributed by atoms with Gasteiger partial charge in [-0.15, -0.1) is 0 Å². The van der Waals surface area contributed by atoms with Crippen LogP contribution in [0.3, 0.4) is 0 Å². The molecule has 7 N–H and O–H groups in total. The van der Waals surface area contributed by atoms with E-state index in [-0.39, 0.29) is 11.4 Å². The van der Waals surface area contributed by atoms with Crippen LogP contribution in [0.15, 0.2) is 0 Å². The van der Waals surface area contributed by atoms with Crippen molar-refractivity contribution in [3.63, 3.8) is 0 Å². The maximum absolute atomic E-state index is 12.5. The van der Waals surface area contributed by atoms with Gasteiger partial charge in [-0.3, -0.25) is 4.79 Å². The number of hydrogen-bond acceptors (Lipinski definition) is 7. The molecule has 0 aromatic heterocycles. The molecule has 160 valence electrons. The van der Waals surface area contributed by atoms with Gasteiger partial charge in [-0.1, -0.05) is 0 Å². The normalized spacial score (nSPS) is 50.0. The summed E-state index contributed by atoms with van der Waals surface area (Å²) < 4.78 is 0. The zero-order chi connectivity index (χ0) is 20.1. The Morgan fingerprint density at radius 3 is 1.75 bits per heavy atom. The summed E-state index contributed by atoms with van der Waals surface area (Å²) in [5, 5.41) is 55.4. The highest BCUT2D eigenvalue weighted by molar-refractivity contribution is 5.76. The number of rotatable bonds is 6. The Hall–Kier alpha value is -0.770. The minimum Gasteiger partial charge on any atom is -0.389 e. The van der Waals surface area contributed by atoms with Crippen molar-refractivity contribution in [2.75, 3.05) is 6.54 Å². The molecule has 1 amide bonds. The van der Waals surface area contributed by atoms with E-state index in [4.69, 9.17) is 0 Å². The van der Waals surface area contributed by atoms with E-state index in [1.165, 1.54) is 19.3 Å². The van der Waals surface area contributed by atoms with Crippen LogP contribution in [0.4, 0.5) is 0 Å². The van der Waals surface area contributed by atoms with Crippen molar-refractivity contribution in [3.05, 3.63) is 0 Å². The first kappa shape index (κ1) is 20.5. The molecule has 5 aliphatic rings. The molecular formula is C20H34N2O6. The van der Waals surface area contributed by atoms with Crippen LogP contribution < -0.4 is 10.6 Å². The molecule has 5 aliphatic carbocycles. The number of nitrogens with one attached hydrogen (secondary N) is 2. The average molecular weight is 399 g/mol. The molecule has 0 radical (unpaired) electrons. The largest absolute Gasteiger partial charge is 0.389 e. The second-order valence-corrected chi connectivity index (χ2v) is 9.78. The molecule has 8 heteroatoms. The molecule has 0 aromatic rings. The fourth-order valence-corrected chi connectivity index (χ4v) is 6.61. The lowest BCUT2D eigenvalue weighted by Crippen LogP contribution is -2.67. The highest BCUT2D eigenvalue weighted by Gasteiger charge is 2.51. The summed E-state index contributed by atoms with van der Waals surface area (Å²) in [5.74, 6) is 2.37. The highest BCUT2D eigenvalue weighted by atomic mass is 16.4. The molecule has 5 fully saturated rings. The smallest absolute Gasteiger partial charge is 0.220 e. The number of carbonyl (C=O) groups is 1. The number of amides is 1. The lowest BCUT2D eigenvalue weighted by atomic mass is 9.53. The summed E-state index contributed by atoms with van der Waals surface area (Å²) in [5.41, 5.74) is -0.000617. The lowest BCUT2D eigenvalue weighted by molar-refractivity contribution is -0.190. The highest BCUT2D eigenvalue weighted by Crippen LogP contribution is 2.55. The Morgan fingerprint density at radius 2 is 1.25 bits per heavy atom. The summed E-state index contributed by atoms with van der Waals surface area (Å²) in [4.78, 5) is 12.5. The molecule has 5 rings (SSSR count). The minimum absolute atomic E-state index is 0.000617. The fraction of sp³-hybridized carbons (Fsp3) is 0.950. The number of carbonyl (C=O) groups excluding carboxylic acids is 1. The van der Waals surface area contributed by atoms with Crippen molar-refractivity contribution in [3.8, 4) is 0 Å². The van der Waals surface area contributed by atoms with Gasteiger partial charge in [0.2, 0.25) is 5.91 Å². The fourth-order valence-electron chi connectivity index (χ4n) is 6.61. The van der Waals surface area contributed by atoms with Crippen LogP contribution >= 0.6 is 0 Å². The molecule has 4 bridgehead atoms. The van der Waals surface area contributed by atoms with Gasteiger partial charge in [0, 0.05) is 12.0 Å². The summed E-state index contributed by atoms with van der Waals surface area (Å²) in [6.45, 7) is 0.350. The molecular weight excluding hydrogens is 364 g/mol. The van der Waals surface area contributed by atoms with Gasteiger partial charge in [0.15, 0.2) is 0 Å². The van der Waals surface area contributed by atoms with Crippen molar-refractivity contribution in [1.82, 2.24) is 10.6 Å². The van der Waals surface area contributed by atoms with E-state index in [1.54, 1.807) is 0 Å². The van der Waals surface area contributed by atoms with Crippen LogP contribution in [0, 0.1) is 17.8 Å². The second-order valence-electron chi connectivity index (χ2n) is 9.78. The van der Waals surface area contributed by atoms with E-state index < -0.39 is 36.6 Å². The lowest BCUT2D eigenvalue weighted by Gasteiger charge is -2.56. The average Bonchev–Trinajstić information content (AvgIpc) is 2.62. The van der Waals surface area contributed by atoms with Crippen LogP contribution in [0.2, 0.25) is 0 Å². The van der Waals surface area contributed by atoms with E-state index in [1.807, 2.05) is 0 Å². The Kier molecular flexibility index (Phi) is 5.72. The number of aliphatic hydroxyl groups is 5. The van der Waals surface area contributed by atoms with Gasteiger partial charge in [-0.2, -0.15) is 0 Å². The molecule has 0 heterocycles. The third kappa shape index (κ3) is 3.82. The molecule has 0 saturated heterocycles. The molecule has 6 atom stereocenters. The van der Waals surface area contributed by atoms with Crippen molar-refractivity contribution in [1.29, 1.82) is 0 Å². The van der Waals surface area contributed by atoms with Gasteiger partial charge in [-0.25, -0.2) is 0 Å². The second kappa shape index (κ2) is 7.81. The Morgan fingerprint density at radius 1 is 0.786 bits per heavy atom. The van der Waals surface area contributed by atoms with Gasteiger partial charge in [0.05, 0.1) is 6.04 Å². The van der Waals surface area contributed by atoms with Gasteiger partial charge >= 0.3 is 0 Å². The predicted octanol–water partition coefficient (Wildman–Crippen LogP) is -1.37.